The van der Waals surface area contributed by atoms with Gasteiger partial charge in [0, 0.05) is 17.8 Å². The van der Waals surface area contributed by atoms with Gasteiger partial charge < -0.3 is 19.7 Å². The van der Waals surface area contributed by atoms with Gasteiger partial charge in [-0.25, -0.2) is 4.79 Å². The topological polar surface area (TPSA) is 81.3 Å². The number of aromatic hydroxyl groups is 1. The summed E-state index contributed by atoms with van der Waals surface area (Å²) in [5.41, 5.74) is 3.46. The molecule has 1 aromatic heterocycles. The van der Waals surface area contributed by atoms with E-state index in [0.717, 1.165) is 23.6 Å². The summed E-state index contributed by atoms with van der Waals surface area (Å²) in [6.45, 7) is 3.13. The molecule has 21 heavy (non-hydrogen) atoms. The van der Waals surface area contributed by atoms with Gasteiger partial charge in [0.2, 0.25) is 5.88 Å². The zero-order valence-corrected chi connectivity index (χ0v) is 11.9. The van der Waals surface area contributed by atoms with E-state index in [-0.39, 0.29) is 5.88 Å². The lowest BCUT2D eigenvalue weighted by molar-refractivity contribution is 0.379. The quantitative estimate of drug-likeness (QED) is 0.804. The van der Waals surface area contributed by atoms with Gasteiger partial charge in [0.05, 0.1) is 19.3 Å². The average Bonchev–Trinajstić information content (AvgIpc) is 2.97. The van der Waals surface area contributed by atoms with Crippen molar-refractivity contribution >= 4 is 5.70 Å². The highest BCUT2D eigenvalue weighted by Gasteiger charge is 2.25. The first-order valence-electron chi connectivity index (χ1n) is 6.71. The Hall–Kier alpha value is -2.63. The van der Waals surface area contributed by atoms with Crippen LogP contribution in [0.15, 0.2) is 29.1 Å². The highest BCUT2D eigenvalue weighted by atomic mass is 16.5. The maximum absolute atomic E-state index is 11.2. The first-order chi connectivity index (χ1) is 10.1. The van der Waals surface area contributed by atoms with Gasteiger partial charge in [-0.2, -0.15) is 0 Å². The van der Waals surface area contributed by atoms with E-state index in [4.69, 9.17) is 4.74 Å². The van der Waals surface area contributed by atoms with Crippen molar-refractivity contribution in [3.8, 4) is 11.6 Å². The number of nitrogens with one attached hydrogen (secondary N) is 2. The molecular weight excluding hydrogens is 270 g/mol. The molecule has 6 nitrogen and oxygen atoms in total. The maximum Gasteiger partial charge on any atom is 0.326 e. The van der Waals surface area contributed by atoms with Crippen LogP contribution >= 0.6 is 0 Å². The Morgan fingerprint density at radius 3 is 2.86 bits per heavy atom. The van der Waals surface area contributed by atoms with Gasteiger partial charge in [0.1, 0.15) is 5.75 Å². The van der Waals surface area contributed by atoms with Crippen molar-refractivity contribution in [2.45, 2.75) is 20.0 Å². The van der Waals surface area contributed by atoms with Crippen LogP contribution in [0.3, 0.4) is 0 Å². The van der Waals surface area contributed by atoms with Crippen LogP contribution in [0.1, 0.15) is 23.7 Å². The van der Waals surface area contributed by atoms with Crippen LogP contribution in [0, 0.1) is 0 Å². The van der Waals surface area contributed by atoms with E-state index < -0.39 is 5.69 Å². The van der Waals surface area contributed by atoms with Crippen molar-refractivity contribution in [3.63, 3.8) is 0 Å². The molecule has 6 heteroatoms. The Kier molecular flexibility index (Phi) is 3.21. The lowest BCUT2D eigenvalue weighted by atomic mass is 10.1. The molecule has 0 unspecified atom stereocenters. The highest BCUT2D eigenvalue weighted by molar-refractivity contribution is 5.71. The molecule has 110 valence electrons. The number of aromatic amines is 2. The van der Waals surface area contributed by atoms with Crippen molar-refractivity contribution in [3.05, 3.63) is 51.6 Å². The second-order valence-electron chi connectivity index (χ2n) is 4.96. The lowest BCUT2D eigenvalue weighted by Crippen LogP contribution is -2.16. The molecule has 0 amide bonds. The van der Waals surface area contributed by atoms with Crippen molar-refractivity contribution < 1.29 is 9.84 Å². The van der Waals surface area contributed by atoms with Crippen molar-refractivity contribution in [1.82, 2.24) is 14.9 Å². The summed E-state index contributed by atoms with van der Waals surface area (Å²) < 4.78 is 5.27. The third-order valence-corrected chi connectivity index (χ3v) is 3.70. The minimum Gasteiger partial charge on any atom is -0.497 e. The summed E-state index contributed by atoms with van der Waals surface area (Å²) in [6, 6.07) is 5.98. The monoisotopic (exact) mass is 287 g/mol. The number of imidazole rings is 1. The first-order valence-corrected chi connectivity index (χ1v) is 6.71. The number of ether oxygens (including phenoxy) is 1. The normalized spacial score (nSPS) is 15.5. The van der Waals surface area contributed by atoms with Gasteiger partial charge in [0.25, 0.3) is 0 Å². The number of aromatic nitrogens is 2. The molecule has 2 heterocycles. The Morgan fingerprint density at radius 1 is 1.43 bits per heavy atom. The van der Waals surface area contributed by atoms with Crippen LogP contribution < -0.4 is 10.4 Å². The van der Waals surface area contributed by atoms with Crippen LogP contribution in [-0.2, 0) is 13.1 Å². The Bertz CT molecular complexity index is 758. The molecule has 0 bridgehead atoms. The minimum atomic E-state index is -0.400. The number of allylic oxidation sites excluding steroid dienone is 1. The Balaban J connectivity index is 1.92. The molecule has 0 saturated heterocycles. The molecule has 1 aliphatic heterocycles. The molecule has 3 rings (SSSR count). The predicted molar refractivity (Wildman–Crippen MR) is 79.0 cm³/mol. The van der Waals surface area contributed by atoms with Crippen molar-refractivity contribution in [2.75, 3.05) is 7.11 Å². The molecule has 0 saturated carbocycles. The van der Waals surface area contributed by atoms with Crippen molar-refractivity contribution in [2.24, 2.45) is 0 Å². The van der Waals surface area contributed by atoms with Gasteiger partial charge in [-0.1, -0.05) is 12.1 Å². The summed E-state index contributed by atoms with van der Waals surface area (Å²) in [4.78, 5) is 18.3. The number of H-pyrrole nitrogens is 2. The molecule has 2 aromatic rings. The lowest BCUT2D eigenvalue weighted by Gasteiger charge is -2.19. The van der Waals surface area contributed by atoms with E-state index in [1.165, 1.54) is 5.56 Å². The molecule has 0 fully saturated rings. The van der Waals surface area contributed by atoms with Crippen LogP contribution in [0.4, 0.5) is 0 Å². The molecule has 0 spiro atoms. The maximum atomic E-state index is 11.2. The fourth-order valence-electron chi connectivity index (χ4n) is 2.71. The average molecular weight is 287 g/mol. The third-order valence-electron chi connectivity index (χ3n) is 3.70. The van der Waals surface area contributed by atoms with E-state index in [9.17, 15) is 9.90 Å². The standard InChI is InChI=1S/C15H17N3O3/c1-3-13-11-6-10(21-2)5-4-9(11)7-18(13)8-12-14(19)17-15(20)16-12/h3-6,19H,7-8H2,1-2H3,(H2,16,17,20). The van der Waals surface area contributed by atoms with Gasteiger partial charge in [-0.3, -0.25) is 4.98 Å². The van der Waals surface area contributed by atoms with Crippen LogP contribution in [0.2, 0.25) is 0 Å². The summed E-state index contributed by atoms with van der Waals surface area (Å²) in [7, 11) is 1.65. The SMILES string of the molecule is CC=C1c2cc(OC)ccc2CN1Cc1[nH]c(=O)[nH]c1O. The number of benzene rings is 1. The smallest absolute Gasteiger partial charge is 0.326 e. The molecule has 0 atom stereocenters. The summed E-state index contributed by atoms with van der Waals surface area (Å²) in [5, 5.41) is 9.70. The molecule has 0 radical (unpaired) electrons. The number of hydrogen-bond donors (Lipinski definition) is 3. The van der Waals surface area contributed by atoms with E-state index in [1.54, 1.807) is 7.11 Å². The Morgan fingerprint density at radius 2 is 2.24 bits per heavy atom. The Labute approximate surface area is 121 Å². The number of nitrogens with zero attached hydrogens (tertiary/aromatic N) is 1. The molecule has 1 aromatic carbocycles. The van der Waals surface area contributed by atoms with Gasteiger partial charge in [0.15, 0.2) is 0 Å². The zero-order valence-electron chi connectivity index (χ0n) is 11.9. The van der Waals surface area contributed by atoms with Gasteiger partial charge in [-0.05, 0) is 24.6 Å². The highest BCUT2D eigenvalue weighted by Crippen LogP contribution is 2.36. The number of methoxy groups -OCH3 is 1. The van der Waals surface area contributed by atoms with Gasteiger partial charge >= 0.3 is 5.69 Å². The van der Waals surface area contributed by atoms with E-state index in [2.05, 4.69) is 14.9 Å². The largest absolute Gasteiger partial charge is 0.497 e. The second kappa shape index (κ2) is 5.05. The van der Waals surface area contributed by atoms with Crippen LogP contribution in [-0.4, -0.2) is 27.1 Å². The van der Waals surface area contributed by atoms with E-state index in [0.29, 0.717) is 12.2 Å². The fourth-order valence-corrected chi connectivity index (χ4v) is 2.71. The number of fused-ring (bicyclic) bond motifs is 1. The second-order valence-corrected chi connectivity index (χ2v) is 4.96. The summed E-state index contributed by atoms with van der Waals surface area (Å²) >= 11 is 0. The van der Waals surface area contributed by atoms with Gasteiger partial charge in [-0.15, -0.1) is 0 Å². The molecule has 0 aliphatic carbocycles. The fraction of sp³-hybridized carbons (Fsp3) is 0.267. The zero-order chi connectivity index (χ0) is 15.0. The molecular formula is C15H17N3O3. The summed E-state index contributed by atoms with van der Waals surface area (Å²) in [5.74, 6) is 0.705. The van der Waals surface area contributed by atoms with E-state index in [1.807, 2.05) is 31.2 Å². The molecule has 1 aliphatic rings. The first kappa shape index (κ1) is 13.4. The third kappa shape index (κ3) is 2.29. The molecule has 3 N–H and O–H groups in total. The number of rotatable bonds is 3. The minimum absolute atomic E-state index is 0.107. The van der Waals surface area contributed by atoms with Crippen LogP contribution in [0.5, 0.6) is 11.6 Å². The van der Waals surface area contributed by atoms with Crippen LogP contribution in [0.25, 0.3) is 5.70 Å². The number of hydrogen-bond acceptors (Lipinski definition) is 4. The van der Waals surface area contributed by atoms with Crippen molar-refractivity contribution in [1.29, 1.82) is 0 Å². The predicted octanol–water partition coefficient (Wildman–Crippen LogP) is 1.79. The summed E-state index contributed by atoms with van der Waals surface area (Å²) in [6.07, 6.45) is 2.02. The van der Waals surface area contributed by atoms with E-state index >= 15 is 0 Å².